The molecule has 0 aliphatic heterocycles. The van der Waals surface area contributed by atoms with Crippen molar-refractivity contribution in [2.24, 2.45) is 5.73 Å². The third-order valence-corrected chi connectivity index (χ3v) is 3.02. The Hall–Kier alpha value is -0.620. The Balaban J connectivity index is 2.34. The summed E-state index contributed by atoms with van der Waals surface area (Å²) in [5.74, 6) is 0.801. The van der Waals surface area contributed by atoms with Crippen molar-refractivity contribution in [1.29, 1.82) is 0 Å². The van der Waals surface area contributed by atoms with Crippen molar-refractivity contribution in [2.75, 3.05) is 33.5 Å². The molecule has 18 heavy (non-hydrogen) atoms. The highest BCUT2D eigenvalue weighted by Crippen LogP contribution is 2.27. The first-order chi connectivity index (χ1) is 8.65. The van der Waals surface area contributed by atoms with Crippen molar-refractivity contribution in [3.63, 3.8) is 0 Å². The monoisotopic (exact) mass is 317 g/mol. The van der Waals surface area contributed by atoms with Crippen LogP contribution in [0.25, 0.3) is 0 Å². The van der Waals surface area contributed by atoms with Gasteiger partial charge >= 0.3 is 0 Å². The molecule has 2 N–H and O–H groups in total. The molecule has 1 aromatic carbocycles. The number of halogens is 1. The fourth-order valence-corrected chi connectivity index (χ4v) is 1.88. The first kappa shape index (κ1) is 15.4. The number of hydrogen-bond donors (Lipinski definition) is 1. The average molecular weight is 318 g/mol. The highest BCUT2D eigenvalue weighted by atomic mass is 79.9. The molecular weight excluding hydrogens is 298 g/mol. The van der Waals surface area contributed by atoms with Crippen LogP contribution >= 0.6 is 15.9 Å². The first-order valence-corrected chi connectivity index (χ1v) is 6.69. The summed E-state index contributed by atoms with van der Waals surface area (Å²) in [7, 11) is 1.65. The number of hydrogen-bond acceptors (Lipinski definition) is 4. The predicted molar refractivity (Wildman–Crippen MR) is 74.9 cm³/mol. The molecule has 0 saturated carbocycles. The summed E-state index contributed by atoms with van der Waals surface area (Å²) < 4.78 is 16.7. The maximum Gasteiger partial charge on any atom is 0.133 e. The molecule has 0 heterocycles. The molecule has 0 aliphatic carbocycles. The summed E-state index contributed by atoms with van der Waals surface area (Å²) in [5.41, 5.74) is 6.88. The maximum absolute atomic E-state index is 5.81. The second kappa shape index (κ2) is 8.48. The third kappa shape index (κ3) is 5.35. The largest absolute Gasteiger partial charge is 0.490 e. The Bertz CT molecular complexity index is 358. The molecule has 5 heteroatoms. The van der Waals surface area contributed by atoms with E-state index in [-0.39, 0.29) is 6.04 Å². The van der Waals surface area contributed by atoms with Crippen LogP contribution in [0.3, 0.4) is 0 Å². The van der Waals surface area contributed by atoms with Gasteiger partial charge in [0.25, 0.3) is 0 Å². The molecule has 0 amide bonds. The maximum atomic E-state index is 5.81. The van der Waals surface area contributed by atoms with Crippen molar-refractivity contribution in [3.8, 4) is 5.75 Å². The molecule has 1 aromatic rings. The highest BCUT2D eigenvalue weighted by Gasteiger charge is 2.05. The van der Waals surface area contributed by atoms with Crippen molar-refractivity contribution in [1.82, 2.24) is 0 Å². The second-order valence-corrected chi connectivity index (χ2v) is 4.79. The summed E-state index contributed by atoms with van der Waals surface area (Å²) in [6.07, 6.45) is 0. The van der Waals surface area contributed by atoms with Crippen LogP contribution in [-0.4, -0.2) is 33.5 Å². The van der Waals surface area contributed by atoms with Crippen LogP contribution < -0.4 is 10.5 Å². The lowest BCUT2D eigenvalue weighted by molar-refractivity contribution is 0.0543. The fourth-order valence-electron chi connectivity index (χ4n) is 1.37. The normalized spacial score (nSPS) is 12.4. The number of ether oxygens (including phenoxy) is 3. The molecule has 1 atom stereocenters. The van der Waals surface area contributed by atoms with Gasteiger partial charge in [-0.3, -0.25) is 0 Å². The number of nitrogens with two attached hydrogens (primary N) is 1. The standard InChI is InChI=1S/C13H20BrNO3/c1-10(15)11-3-4-13(12(14)9-11)18-8-7-17-6-5-16-2/h3-4,9-10H,5-8,15H2,1-2H3. The Morgan fingerprint density at radius 1 is 1.22 bits per heavy atom. The summed E-state index contributed by atoms with van der Waals surface area (Å²) >= 11 is 3.47. The minimum atomic E-state index is 0.0210. The second-order valence-electron chi connectivity index (χ2n) is 3.93. The molecule has 4 nitrogen and oxygen atoms in total. The van der Waals surface area contributed by atoms with Gasteiger partial charge in [0.15, 0.2) is 0 Å². The Morgan fingerprint density at radius 3 is 2.56 bits per heavy atom. The van der Waals surface area contributed by atoms with E-state index in [4.69, 9.17) is 19.9 Å². The van der Waals surface area contributed by atoms with Gasteiger partial charge in [-0.2, -0.15) is 0 Å². The molecule has 1 rings (SSSR count). The zero-order chi connectivity index (χ0) is 13.4. The average Bonchev–Trinajstić information content (AvgIpc) is 2.35. The van der Waals surface area contributed by atoms with E-state index in [0.717, 1.165) is 15.8 Å². The van der Waals surface area contributed by atoms with E-state index in [9.17, 15) is 0 Å². The highest BCUT2D eigenvalue weighted by molar-refractivity contribution is 9.10. The Labute approximate surface area is 117 Å². The molecule has 0 bridgehead atoms. The lowest BCUT2D eigenvalue weighted by Gasteiger charge is -2.11. The minimum Gasteiger partial charge on any atom is -0.490 e. The summed E-state index contributed by atoms with van der Waals surface area (Å²) in [6.45, 7) is 4.20. The van der Waals surface area contributed by atoms with E-state index in [0.29, 0.717) is 26.4 Å². The van der Waals surface area contributed by atoms with E-state index >= 15 is 0 Å². The van der Waals surface area contributed by atoms with E-state index in [1.165, 1.54) is 0 Å². The molecule has 0 fully saturated rings. The molecule has 1 unspecified atom stereocenters. The molecule has 0 aromatic heterocycles. The van der Waals surface area contributed by atoms with E-state index in [1.807, 2.05) is 25.1 Å². The van der Waals surface area contributed by atoms with Crippen molar-refractivity contribution in [2.45, 2.75) is 13.0 Å². The number of benzene rings is 1. The quantitative estimate of drug-likeness (QED) is 0.748. The summed E-state index contributed by atoms with van der Waals surface area (Å²) in [6, 6.07) is 5.88. The van der Waals surface area contributed by atoms with Gasteiger partial charge in [-0.1, -0.05) is 6.07 Å². The predicted octanol–water partition coefficient (Wildman–Crippen LogP) is 2.51. The van der Waals surface area contributed by atoms with Crippen LogP contribution in [0.15, 0.2) is 22.7 Å². The minimum absolute atomic E-state index is 0.0210. The number of methoxy groups -OCH3 is 1. The van der Waals surface area contributed by atoms with Gasteiger partial charge < -0.3 is 19.9 Å². The van der Waals surface area contributed by atoms with E-state index in [1.54, 1.807) is 7.11 Å². The zero-order valence-corrected chi connectivity index (χ0v) is 12.4. The van der Waals surface area contributed by atoms with Gasteiger partial charge in [0.2, 0.25) is 0 Å². The molecule has 0 radical (unpaired) electrons. The van der Waals surface area contributed by atoms with Crippen molar-refractivity contribution in [3.05, 3.63) is 28.2 Å². The van der Waals surface area contributed by atoms with Gasteiger partial charge in [-0.05, 0) is 40.5 Å². The van der Waals surface area contributed by atoms with Crippen LogP contribution in [0.1, 0.15) is 18.5 Å². The van der Waals surface area contributed by atoms with Crippen LogP contribution in [0.5, 0.6) is 5.75 Å². The van der Waals surface area contributed by atoms with E-state index < -0.39 is 0 Å². The van der Waals surface area contributed by atoms with E-state index in [2.05, 4.69) is 15.9 Å². The third-order valence-electron chi connectivity index (χ3n) is 2.40. The first-order valence-electron chi connectivity index (χ1n) is 5.89. The van der Waals surface area contributed by atoms with Gasteiger partial charge in [-0.15, -0.1) is 0 Å². The van der Waals surface area contributed by atoms with Gasteiger partial charge in [-0.25, -0.2) is 0 Å². The van der Waals surface area contributed by atoms with Crippen LogP contribution in [-0.2, 0) is 9.47 Å². The zero-order valence-electron chi connectivity index (χ0n) is 10.8. The Morgan fingerprint density at radius 2 is 1.94 bits per heavy atom. The van der Waals surface area contributed by atoms with Crippen molar-refractivity contribution >= 4 is 15.9 Å². The van der Waals surface area contributed by atoms with Crippen LogP contribution in [0.2, 0.25) is 0 Å². The van der Waals surface area contributed by atoms with Gasteiger partial charge in [0, 0.05) is 13.2 Å². The molecular formula is C13H20BrNO3. The fraction of sp³-hybridized carbons (Fsp3) is 0.538. The topological polar surface area (TPSA) is 53.7 Å². The SMILES string of the molecule is COCCOCCOc1ccc(C(C)N)cc1Br. The van der Waals surface area contributed by atoms with Crippen LogP contribution in [0.4, 0.5) is 0 Å². The molecule has 0 saturated heterocycles. The Kier molecular flexibility index (Phi) is 7.27. The van der Waals surface area contributed by atoms with Crippen LogP contribution in [0, 0.1) is 0 Å². The lowest BCUT2D eigenvalue weighted by atomic mass is 10.1. The van der Waals surface area contributed by atoms with Gasteiger partial charge in [0.05, 0.1) is 24.3 Å². The summed E-state index contributed by atoms with van der Waals surface area (Å²) in [4.78, 5) is 0. The lowest BCUT2D eigenvalue weighted by Crippen LogP contribution is -2.10. The van der Waals surface area contributed by atoms with Crippen molar-refractivity contribution < 1.29 is 14.2 Å². The number of rotatable bonds is 8. The summed E-state index contributed by atoms with van der Waals surface area (Å²) in [5, 5.41) is 0. The molecule has 0 aliphatic rings. The van der Waals surface area contributed by atoms with Gasteiger partial charge in [0.1, 0.15) is 12.4 Å². The smallest absolute Gasteiger partial charge is 0.133 e. The molecule has 0 spiro atoms. The molecule has 102 valence electrons.